The molecule has 0 saturated carbocycles. The summed E-state index contributed by atoms with van der Waals surface area (Å²) in [7, 11) is 0. The van der Waals surface area contributed by atoms with Gasteiger partial charge in [-0.25, -0.2) is 0 Å². The van der Waals surface area contributed by atoms with E-state index in [-0.39, 0.29) is 12.2 Å². The van der Waals surface area contributed by atoms with Crippen molar-refractivity contribution in [2.45, 2.75) is 23.8 Å². The van der Waals surface area contributed by atoms with Crippen molar-refractivity contribution >= 4 is 17.7 Å². The maximum Gasteiger partial charge on any atom is 0.320 e. The fourth-order valence-corrected chi connectivity index (χ4v) is 2.30. The first-order chi connectivity index (χ1) is 10.1. The predicted octanol–water partition coefficient (Wildman–Crippen LogP) is 0.992. The number of aliphatic carboxylic acids is 1. The molecule has 0 aliphatic rings. The summed E-state index contributed by atoms with van der Waals surface area (Å²) in [5.74, 6) is -0.504. The van der Waals surface area contributed by atoms with E-state index in [9.17, 15) is 9.90 Å². The molecule has 0 amide bonds. The second kappa shape index (κ2) is 7.21. The van der Waals surface area contributed by atoms with Crippen LogP contribution in [-0.4, -0.2) is 44.3 Å². The molecule has 0 radical (unpaired) electrons. The van der Waals surface area contributed by atoms with Crippen molar-refractivity contribution in [2.24, 2.45) is 5.73 Å². The number of nitrogens with two attached hydrogens (primary N) is 1. The monoisotopic (exact) mass is 309 g/mol. The summed E-state index contributed by atoms with van der Waals surface area (Å²) in [4.78, 5) is 10.6. The Morgan fingerprint density at radius 1 is 1.33 bits per heavy atom. The largest absolute Gasteiger partial charge is 0.480 e. The van der Waals surface area contributed by atoms with Crippen LogP contribution < -0.4 is 5.73 Å². The second-order valence-corrected chi connectivity index (χ2v) is 5.36. The number of thioether (sulfide) groups is 1. The average Bonchev–Trinajstić information content (AvgIpc) is 2.95. The zero-order chi connectivity index (χ0) is 15.2. The first-order valence-electron chi connectivity index (χ1n) is 6.24. The molecule has 0 bridgehead atoms. The molecular weight excluding hydrogens is 294 g/mol. The van der Waals surface area contributed by atoms with E-state index in [1.165, 1.54) is 0 Å². The summed E-state index contributed by atoms with van der Waals surface area (Å²) in [6, 6.07) is 8.23. The molecule has 1 aromatic carbocycles. The smallest absolute Gasteiger partial charge is 0.320 e. The number of carboxylic acids is 1. The summed E-state index contributed by atoms with van der Waals surface area (Å²) in [6.07, 6.45) is -0.879. The van der Waals surface area contributed by atoms with Gasteiger partial charge in [-0.15, -0.1) is 10.2 Å². The molecule has 2 rings (SSSR count). The van der Waals surface area contributed by atoms with Crippen molar-refractivity contribution in [3.8, 4) is 11.5 Å². The number of hydrogen-bond acceptors (Lipinski definition) is 7. The number of carbonyl (C=O) groups is 1. The quantitative estimate of drug-likeness (QED) is 0.647. The van der Waals surface area contributed by atoms with Crippen molar-refractivity contribution in [3.05, 3.63) is 30.3 Å². The summed E-state index contributed by atoms with van der Waals surface area (Å²) < 4.78 is 5.45. The molecule has 8 heteroatoms. The van der Waals surface area contributed by atoms with Gasteiger partial charge < -0.3 is 20.4 Å². The summed E-state index contributed by atoms with van der Waals surface area (Å²) in [5.41, 5.74) is 6.16. The Kier molecular flexibility index (Phi) is 5.32. The minimum absolute atomic E-state index is 0.0258. The van der Waals surface area contributed by atoms with Crippen LogP contribution in [0.2, 0.25) is 0 Å². The fourth-order valence-electron chi connectivity index (χ4n) is 1.59. The summed E-state index contributed by atoms with van der Waals surface area (Å²) >= 11 is 1.16. The Balaban J connectivity index is 1.87. The number of benzene rings is 1. The van der Waals surface area contributed by atoms with Crippen molar-refractivity contribution in [3.63, 3.8) is 0 Å². The third kappa shape index (κ3) is 4.55. The molecule has 2 aromatic rings. The van der Waals surface area contributed by atoms with Gasteiger partial charge in [0.25, 0.3) is 5.22 Å². The SMILES string of the molecule is NC(CC(O)CSc1nnc(-c2ccccc2)o1)C(=O)O. The zero-order valence-electron chi connectivity index (χ0n) is 11.0. The van der Waals surface area contributed by atoms with Crippen LogP contribution in [0.25, 0.3) is 11.5 Å². The van der Waals surface area contributed by atoms with Gasteiger partial charge in [0.05, 0.1) is 6.10 Å². The molecule has 7 nitrogen and oxygen atoms in total. The molecule has 2 unspecified atom stereocenters. The highest BCUT2D eigenvalue weighted by molar-refractivity contribution is 7.99. The van der Waals surface area contributed by atoms with E-state index in [4.69, 9.17) is 15.3 Å². The molecule has 112 valence electrons. The first kappa shape index (κ1) is 15.5. The van der Waals surface area contributed by atoms with Crippen LogP contribution in [0.1, 0.15) is 6.42 Å². The van der Waals surface area contributed by atoms with E-state index < -0.39 is 18.1 Å². The Labute approximate surface area is 125 Å². The highest BCUT2D eigenvalue weighted by atomic mass is 32.2. The van der Waals surface area contributed by atoms with E-state index in [0.29, 0.717) is 11.1 Å². The highest BCUT2D eigenvalue weighted by Gasteiger charge is 2.18. The highest BCUT2D eigenvalue weighted by Crippen LogP contribution is 2.23. The van der Waals surface area contributed by atoms with Gasteiger partial charge in [-0.1, -0.05) is 30.0 Å². The molecule has 1 aromatic heterocycles. The topological polar surface area (TPSA) is 122 Å². The van der Waals surface area contributed by atoms with Gasteiger partial charge in [0.15, 0.2) is 0 Å². The number of carboxylic acid groups (broad SMARTS) is 1. The Hall–Kier alpha value is -1.90. The average molecular weight is 309 g/mol. The van der Waals surface area contributed by atoms with Gasteiger partial charge in [-0.3, -0.25) is 4.79 Å². The van der Waals surface area contributed by atoms with Crippen molar-refractivity contribution < 1.29 is 19.4 Å². The van der Waals surface area contributed by atoms with Crippen molar-refractivity contribution in [1.29, 1.82) is 0 Å². The van der Waals surface area contributed by atoms with Gasteiger partial charge in [0.1, 0.15) is 6.04 Å². The molecule has 4 N–H and O–H groups in total. The summed E-state index contributed by atoms with van der Waals surface area (Å²) in [5, 5.41) is 26.5. The summed E-state index contributed by atoms with van der Waals surface area (Å²) in [6.45, 7) is 0. The Bertz CT molecular complexity index is 590. The first-order valence-corrected chi connectivity index (χ1v) is 7.23. The van der Waals surface area contributed by atoms with Crippen LogP contribution in [0.15, 0.2) is 40.0 Å². The van der Waals surface area contributed by atoms with Gasteiger partial charge in [-0.2, -0.15) is 0 Å². The molecule has 2 atom stereocenters. The predicted molar refractivity (Wildman–Crippen MR) is 76.7 cm³/mol. The number of aliphatic hydroxyl groups is 1. The van der Waals surface area contributed by atoms with E-state index >= 15 is 0 Å². The lowest BCUT2D eigenvalue weighted by Crippen LogP contribution is -2.34. The van der Waals surface area contributed by atoms with Crippen LogP contribution in [0.5, 0.6) is 0 Å². The molecule has 1 heterocycles. The number of hydrogen-bond donors (Lipinski definition) is 3. The number of nitrogens with zero attached hydrogens (tertiary/aromatic N) is 2. The number of rotatable bonds is 7. The van der Waals surface area contributed by atoms with Gasteiger partial charge in [-0.05, 0) is 18.6 Å². The number of aromatic nitrogens is 2. The van der Waals surface area contributed by atoms with Crippen molar-refractivity contribution in [1.82, 2.24) is 10.2 Å². The van der Waals surface area contributed by atoms with Crippen LogP contribution in [0, 0.1) is 0 Å². The Morgan fingerprint density at radius 3 is 2.71 bits per heavy atom. The number of aliphatic hydroxyl groups excluding tert-OH is 1. The standard InChI is InChI=1S/C13H15N3O4S/c14-10(12(18)19)6-9(17)7-21-13-16-15-11(20-13)8-4-2-1-3-5-8/h1-5,9-10,17H,6-7,14H2,(H,18,19). The zero-order valence-corrected chi connectivity index (χ0v) is 11.9. The lowest BCUT2D eigenvalue weighted by atomic mass is 10.1. The minimum Gasteiger partial charge on any atom is -0.480 e. The molecule has 21 heavy (non-hydrogen) atoms. The van der Waals surface area contributed by atoms with Gasteiger partial charge in [0, 0.05) is 11.3 Å². The van der Waals surface area contributed by atoms with Crippen molar-refractivity contribution in [2.75, 3.05) is 5.75 Å². The third-order valence-electron chi connectivity index (χ3n) is 2.67. The minimum atomic E-state index is -1.14. The molecule has 0 aliphatic heterocycles. The van der Waals surface area contributed by atoms with E-state index in [0.717, 1.165) is 17.3 Å². The van der Waals surface area contributed by atoms with E-state index in [1.54, 1.807) is 0 Å². The molecule has 0 saturated heterocycles. The fraction of sp³-hybridized carbons (Fsp3) is 0.308. The lowest BCUT2D eigenvalue weighted by Gasteiger charge is -2.11. The lowest BCUT2D eigenvalue weighted by molar-refractivity contribution is -0.139. The molecule has 0 aliphatic carbocycles. The normalized spacial score (nSPS) is 13.8. The second-order valence-electron chi connectivity index (χ2n) is 4.38. The van der Waals surface area contributed by atoms with Crippen LogP contribution in [-0.2, 0) is 4.79 Å². The Morgan fingerprint density at radius 2 is 2.05 bits per heavy atom. The van der Waals surface area contributed by atoms with Crippen LogP contribution >= 0.6 is 11.8 Å². The van der Waals surface area contributed by atoms with Crippen LogP contribution in [0.3, 0.4) is 0 Å². The molecule has 0 fully saturated rings. The third-order valence-corrected chi connectivity index (χ3v) is 3.63. The van der Waals surface area contributed by atoms with Gasteiger partial charge in [0.2, 0.25) is 5.89 Å². The molecular formula is C13H15N3O4S. The van der Waals surface area contributed by atoms with Gasteiger partial charge >= 0.3 is 5.97 Å². The van der Waals surface area contributed by atoms with Crippen LogP contribution in [0.4, 0.5) is 0 Å². The van der Waals surface area contributed by atoms with E-state index in [1.807, 2.05) is 30.3 Å². The maximum absolute atomic E-state index is 10.6. The molecule has 0 spiro atoms. The maximum atomic E-state index is 10.6. The van der Waals surface area contributed by atoms with E-state index in [2.05, 4.69) is 10.2 Å².